The molecule has 0 saturated carbocycles. The van der Waals surface area contributed by atoms with E-state index in [0.29, 0.717) is 0 Å². The second kappa shape index (κ2) is 6.35. The molecule has 19 heavy (non-hydrogen) atoms. The summed E-state index contributed by atoms with van der Waals surface area (Å²) in [5, 5.41) is 8.04. The van der Waals surface area contributed by atoms with Gasteiger partial charge in [0.1, 0.15) is 0 Å². The summed E-state index contributed by atoms with van der Waals surface area (Å²) in [5.74, 6) is 0. The van der Waals surface area contributed by atoms with Gasteiger partial charge in [0.05, 0.1) is 11.4 Å². The summed E-state index contributed by atoms with van der Waals surface area (Å²) in [6, 6.07) is 8.22. The number of nitrogens with one attached hydrogen (secondary N) is 1. The summed E-state index contributed by atoms with van der Waals surface area (Å²) in [4.78, 5) is 0. The van der Waals surface area contributed by atoms with Crippen LogP contribution < -0.4 is 5.32 Å². The Morgan fingerprint density at radius 3 is 2.53 bits per heavy atom. The topological polar surface area (TPSA) is 29.9 Å². The Morgan fingerprint density at radius 1 is 1.21 bits per heavy atom. The van der Waals surface area contributed by atoms with Gasteiger partial charge >= 0.3 is 0 Å². The highest BCUT2D eigenvalue weighted by Gasteiger charge is 2.16. The maximum atomic E-state index is 4.80. The normalized spacial score (nSPS) is 10.9. The Morgan fingerprint density at radius 2 is 1.95 bits per heavy atom. The van der Waals surface area contributed by atoms with Crippen molar-refractivity contribution in [1.29, 1.82) is 0 Å². The monoisotopic (exact) mass is 321 g/mol. The van der Waals surface area contributed by atoms with E-state index in [9.17, 15) is 0 Å². The fourth-order valence-corrected chi connectivity index (χ4v) is 2.84. The Hall–Kier alpha value is -1.13. The number of nitrogens with zero attached hydrogens (tertiary/aromatic N) is 2. The number of hydrogen-bond acceptors (Lipinski definition) is 2. The first kappa shape index (κ1) is 14.3. The zero-order chi connectivity index (χ0) is 13.8. The summed E-state index contributed by atoms with van der Waals surface area (Å²) in [6.07, 6.45) is 1.94. The molecule has 1 heterocycles. The van der Waals surface area contributed by atoms with Gasteiger partial charge in [-0.3, -0.25) is 0 Å². The van der Waals surface area contributed by atoms with Crippen molar-refractivity contribution in [3.8, 4) is 5.69 Å². The van der Waals surface area contributed by atoms with E-state index in [-0.39, 0.29) is 0 Å². The van der Waals surface area contributed by atoms with Crippen LogP contribution in [0.5, 0.6) is 0 Å². The molecule has 0 aliphatic heterocycles. The molecule has 0 spiro atoms. The molecule has 0 aliphatic rings. The maximum absolute atomic E-state index is 4.80. The Labute approximate surface area is 123 Å². The third-order valence-electron chi connectivity index (χ3n) is 3.28. The third-order valence-corrected chi connectivity index (χ3v) is 3.95. The smallest absolute Gasteiger partial charge is 0.0790 e. The van der Waals surface area contributed by atoms with Gasteiger partial charge in [0.15, 0.2) is 0 Å². The summed E-state index contributed by atoms with van der Waals surface area (Å²) in [6.45, 7) is 5.21. The molecule has 0 fully saturated rings. The first-order valence-corrected chi connectivity index (χ1v) is 7.51. The van der Waals surface area contributed by atoms with Crippen LogP contribution in [0.4, 0.5) is 0 Å². The lowest BCUT2D eigenvalue weighted by Crippen LogP contribution is -2.09. The molecule has 0 unspecified atom stereocenters. The van der Waals surface area contributed by atoms with Gasteiger partial charge in [0, 0.05) is 22.3 Å². The van der Waals surface area contributed by atoms with Crippen LogP contribution in [0, 0.1) is 0 Å². The van der Waals surface area contributed by atoms with E-state index in [2.05, 4.69) is 51.9 Å². The minimum Gasteiger partial charge on any atom is -0.316 e. The lowest BCUT2D eigenvalue weighted by atomic mass is 10.1. The molecule has 102 valence electrons. The number of benzene rings is 1. The van der Waals surface area contributed by atoms with Crippen LogP contribution in [-0.4, -0.2) is 16.8 Å². The number of para-hydroxylation sites is 1. The zero-order valence-electron chi connectivity index (χ0n) is 11.7. The largest absolute Gasteiger partial charge is 0.316 e. The van der Waals surface area contributed by atoms with Gasteiger partial charge in [0.2, 0.25) is 0 Å². The van der Waals surface area contributed by atoms with Crippen molar-refractivity contribution in [2.45, 2.75) is 33.2 Å². The summed E-state index contributed by atoms with van der Waals surface area (Å²) in [5.41, 5.74) is 4.92. The van der Waals surface area contributed by atoms with Gasteiger partial charge in [-0.25, -0.2) is 4.68 Å². The number of halogens is 1. The summed E-state index contributed by atoms with van der Waals surface area (Å²) < 4.78 is 3.15. The van der Waals surface area contributed by atoms with Crippen LogP contribution in [0.3, 0.4) is 0 Å². The zero-order valence-corrected chi connectivity index (χ0v) is 13.3. The summed E-state index contributed by atoms with van der Waals surface area (Å²) in [7, 11) is 1.98. The molecule has 0 radical (unpaired) electrons. The number of aromatic nitrogens is 2. The minimum absolute atomic E-state index is 0.872. The van der Waals surface area contributed by atoms with Gasteiger partial charge in [-0.2, -0.15) is 5.10 Å². The molecule has 0 aliphatic carbocycles. The third kappa shape index (κ3) is 2.74. The second-order valence-corrected chi connectivity index (χ2v) is 5.33. The average Bonchev–Trinajstić information content (AvgIpc) is 2.77. The van der Waals surface area contributed by atoms with Crippen molar-refractivity contribution in [1.82, 2.24) is 15.1 Å². The second-order valence-electron chi connectivity index (χ2n) is 4.47. The molecule has 1 aromatic carbocycles. The molecular formula is C15H20BrN3. The standard InChI is InChI=1S/C15H20BrN3/c1-4-13-11(10-17-3)14(5-2)19(18-13)15-9-7-6-8-12(15)16/h6-9,17H,4-5,10H2,1-3H3. The lowest BCUT2D eigenvalue weighted by Gasteiger charge is -2.09. The molecular weight excluding hydrogens is 302 g/mol. The quantitative estimate of drug-likeness (QED) is 0.913. The fourth-order valence-electron chi connectivity index (χ4n) is 2.39. The highest BCUT2D eigenvalue weighted by molar-refractivity contribution is 9.10. The van der Waals surface area contributed by atoms with E-state index in [1.807, 2.05) is 19.2 Å². The van der Waals surface area contributed by atoms with Gasteiger partial charge in [-0.1, -0.05) is 26.0 Å². The van der Waals surface area contributed by atoms with Crippen LogP contribution in [0.15, 0.2) is 28.7 Å². The van der Waals surface area contributed by atoms with Crippen LogP contribution in [-0.2, 0) is 19.4 Å². The first-order valence-electron chi connectivity index (χ1n) is 6.72. The molecule has 0 amide bonds. The SMILES string of the molecule is CCc1nn(-c2ccccc2Br)c(CC)c1CNC. The fraction of sp³-hybridized carbons (Fsp3) is 0.400. The van der Waals surface area contributed by atoms with Gasteiger partial charge < -0.3 is 5.32 Å². The predicted octanol–water partition coefficient (Wildman–Crippen LogP) is 3.48. The van der Waals surface area contributed by atoms with Crippen LogP contribution in [0.1, 0.15) is 30.8 Å². The molecule has 4 heteroatoms. The predicted molar refractivity (Wildman–Crippen MR) is 82.8 cm³/mol. The molecule has 1 N–H and O–H groups in total. The average molecular weight is 322 g/mol. The maximum Gasteiger partial charge on any atom is 0.0790 e. The number of hydrogen-bond donors (Lipinski definition) is 1. The van der Waals surface area contributed by atoms with Crippen molar-refractivity contribution in [3.05, 3.63) is 45.7 Å². The van der Waals surface area contributed by atoms with Gasteiger partial charge in [-0.05, 0) is 48.0 Å². The Kier molecular flexibility index (Phi) is 4.77. The van der Waals surface area contributed by atoms with Crippen LogP contribution in [0.2, 0.25) is 0 Å². The minimum atomic E-state index is 0.872. The molecule has 0 saturated heterocycles. The molecule has 2 rings (SSSR count). The number of aryl methyl sites for hydroxylation is 1. The molecule has 0 atom stereocenters. The highest BCUT2D eigenvalue weighted by Crippen LogP contribution is 2.25. The van der Waals surface area contributed by atoms with Crippen molar-refractivity contribution < 1.29 is 0 Å². The van der Waals surface area contributed by atoms with Crippen molar-refractivity contribution in [3.63, 3.8) is 0 Å². The van der Waals surface area contributed by atoms with E-state index in [0.717, 1.165) is 29.5 Å². The molecule has 3 nitrogen and oxygen atoms in total. The highest BCUT2D eigenvalue weighted by atomic mass is 79.9. The van der Waals surface area contributed by atoms with Gasteiger partial charge in [-0.15, -0.1) is 0 Å². The van der Waals surface area contributed by atoms with Crippen molar-refractivity contribution >= 4 is 15.9 Å². The Bertz CT molecular complexity index is 561. The van der Waals surface area contributed by atoms with E-state index in [4.69, 9.17) is 5.10 Å². The lowest BCUT2D eigenvalue weighted by molar-refractivity contribution is 0.778. The molecule has 2 aromatic rings. The van der Waals surface area contributed by atoms with E-state index >= 15 is 0 Å². The van der Waals surface area contributed by atoms with Crippen LogP contribution >= 0.6 is 15.9 Å². The van der Waals surface area contributed by atoms with E-state index in [1.54, 1.807) is 0 Å². The van der Waals surface area contributed by atoms with Crippen molar-refractivity contribution in [2.75, 3.05) is 7.05 Å². The van der Waals surface area contributed by atoms with Gasteiger partial charge in [0.25, 0.3) is 0 Å². The van der Waals surface area contributed by atoms with Crippen molar-refractivity contribution in [2.24, 2.45) is 0 Å². The van der Waals surface area contributed by atoms with E-state index < -0.39 is 0 Å². The Balaban J connectivity index is 2.60. The molecule has 0 bridgehead atoms. The molecule has 1 aromatic heterocycles. The first-order chi connectivity index (χ1) is 9.22. The van der Waals surface area contributed by atoms with E-state index in [1.165, 1.54) is 17.0 Å². The number of rotatable bonds is 5. The summed E-state index contributed by atoms with van der Waals surface area (Å²) >= 11 is 3.61. The van der Waals surface area contributed by atoms with Crippen LogP contribution in [0.25, 0.3) is 5.69 Å².